The van der Waals surface area contributed by atoms with Gasteiger partial charge in [0.05, 0.1) is 0 Å². The molecule has 92 valence electrons. The minimum Gasteiger partial charge on any atom is -0.402 e. The molecule has 1 aliphatic rings. The van der Waals surface area contributed by atoms with Crippen LogP contribution in [0.3, 0.4) is 0 Å². The van der Waals surface area contributed by atoms with E-state index in [1.807, 2.05) is 0 Å². The van der Waals surface area contributed by atoms with Crippen LogP contribution >= 0.6 is 12.2 Å². The third-order valence-corrected chi connectivity index (χ3v) is 3.70. The molecule has 3 heteroatoms. The minimum atomic E-state index is 0.244. The van der Waals surface area contributed by atoms with Crippen LogP contribution in [0.25, 0.3) is 0 Å². The van der Waals surface area contributed by atoms with Crippen molar-refractivity contribution in [2.24, 2.45) is 11.1 Å². The van der Waals surface area contributed by atoms with Gasteiger partial charge < -0.3 is 5.73 Å². The topological polar surface area (TPSA) is 29.3 Å². The largest absolute Gasteiger partial charge is 0.402 e. The molecule has 0 saturated heterocycles. The van der Waals surface area contributed by atoms with Crippen LogP contribution in [0.15, 0.2) is 11.3 Å². The Balaban J connectivity index is 2.82. The molecule has 0 radical (unpaired) electrons. The second-order valence-electron chi connectivity index (χ2n) is 5.41. The maximum atomic E-state index is 6.17. The average molecular weight is 240 g/mol. The highest BCUT2D eigenvalue weighted by atomic mass is 32.1. The van der Waals surface area contributed by atoms with Crippen molar-refractivity contribution < 1.29 is 0 Å². The SMILES string of the molecule is CCN(CC)CC1=C(N)CC(C)(C)CC1=S. The first-order valence-electron chi connectivity index (χ1n) is 6.12. The normalized spacial score (nSPS) is 20.7. The van der Waals surface area contributed by atoms with E-state index in [9.17, 15) is 0 Å². The van der Waals surface area contributed by atoms with Crippen molar-refractivity contribution in [1.82, 2.24) is 4.90 Å². The van der Waals surface area contributed by atoms with Gasteiger partial charge in [0.2, 0.25) is 0 Å². The Kier molecular flexibility index (Phi) is 4.51. The smallest absolute Gasteiger partial charge is 0.0261 e. The highest BCUT2D eigenvalue weighted by Gasteiger charge is 2.29. The van der Waals surface area contributed by atoms with Crippen molar-refractivity contribution >= 4 is 17.1 Å². The monoisotopic (exact) mass is 240 g/mol. The highest BCUT2D eigenvalue weighted by Crippen LogP contribution is 2.35. The second kappa shape index (κ2) is 5.28. The molecule has 0 saturated carbocycles. The lowest BCUT2D eigenvalue weighted by Gasteiger charge is -2.34. The van der Waals surface area contributed by atoms with Crippen molar-refractivity contribution in [2.75, 3.05) is 19.6 Å². The van der Waals surface area contributed by atoms with Crippen LogP contribution in [0.5, 0.6) is 0 Å². The summed E-state index contributed by atoms with van der Waals surface area (Å²) in [7, 11) is 0. The predicted molar refractivity (Wildman–Crippen MR) is 74.6 cm³/mol. The predicted octanol–water partition coefficient (Wildman–Crippen LogP) is 2.73. The molecular formula is C13H24N2S. The van der Waals surface area contributed by atoms with Crippen molar-refractivity contribution in [3.05, 3.63) is 11.3 Å². The Morgan fingerprint density at radius 2 is 1.81 bits per heavy atom. The molecule has 0 heterocycles. The van der Waals surface area contributed by atoms with Crippen molar-refractivity contribution in [3.8, 4) is 0 Å². The number of allylic oxidation sites excluding steroid dienone is 1. The quantitative estimate of drug-likeness (QED) is 0.766. The summed E-state index contributed by atoms with van der Waals surface area (Å²) in [6.45, 7) is 11.9. The summed E-state index contributed by atoms with van der Waals surface area (Å²) in [6, 6.07) is 0. The maximum absolute atomic E-state index is 6.17. The van der Waals surface area contributed by atoms with Gasteiger partial charge in [-0.1, -0.05) is 39.9 Å². The molecule has 0 aromatic carbocycles. The summed E-state index contributed by atoms with van der Waals surface area (Å²) in [6.07, 6.45) is 1.98. The molecule has 0 amide bonds. The zero-order chi connectivity index (χ0) is 12.3. The summed E-state index contributed by atoms with van der Waals surface area (Å²) in [4.78, 5) is 3.44. The van der Waals surface area contributed by atoms with Crippen LogP contribution in [-0.2, 0) is 0 Å². The van der Waals surface area contributed by atoms with Gasteiger partial charge in [0.25, 0.3) is 0 Å². The fourth-order valence-electron chi connectivity index (χ4n) is 2.27. The van der Waals surface area contributed by atoms with Gasteiger partial charge in [0.15, 0.2) is 0 Å². The molecule has 2 nitrogen and oxygen atoms in total. The van der Waals surface area contributed by atoms with Gasteiger partial charge in [0, 0.05) is 17.1 Å². The Bertz CT molecular complexity index is 301. The lowest BCUT2D eigenvalue weighted by atomic mass is 9.76. The summed E-state index contributed by atoms with van der Waals surface area (Å²) >= 11 is 5.50. The Morgan fingerprint density at radius 3 is 2.25 bits per heavy atom. The van der Waals surface area contributed by atoms with E-state index in [4.69, 9.17) is 18.0 Å². The van der Waals surface area contributed by atoms with E-state index in [0.717, 1.165) is 43.0 Å². The standard InChI is InChI=1S/C13H24N2S/c1-5-15(6-2)9-10-11(14)7-13(3,4)8-12(10)16/h5-9,14H2,1-4H3. The molecule has 16 heavy (non-hydrogen) atoms. The first-order valence-corrected chi connectivity index (χ1v) is 6.53. The fourth-order valence-corrected chi connectivity index (χ4v) is 2.85. The Morgan fingerprint density at radius 1 is 1.25 bits per heavy atom. The minimum absolute atomic E-state index is 0.244. The third-order valence-electron chi connectivity index (χ3n) is 3.31. The van der Waals surface area contributed by atoms with Gasteiger partial charge in [-0.15, -0.1) is 0 Å². The molecular weight excluding hydrogens is 216 g/mol. The molecule has 1 rings (SSSR count). The molecule has 0 bridgehead atoms. The van der Waals surface area contributed by atoms with Crippen LogP contribution in [0.1, 0.15) is 40.5 Å². The van der Waals surface area contributed by atoms with Crippen LogP contribution in [0.2, 0.25) is 0 Å². The lowest BCUT2D eigenvalue weighted by Crippen LogP contribution is -2.34. The van der Waals surface area contributed by atoms with Gasteiger partial charge in [-0.25, -0.2) is 0 Å². The summed E-state index contributed by atoms with van der Waals surface area (Å²) in [5.41, 5.74) is 8.64. The van der Waals surface area contributed by atoms with E-state index in [0.29, 0.717) is 0 Å². The molecule has 0 aromatic rings. The second-order valence-corrected chi connectivity index (χ2v) is 5.90. The van der Waals surface area contributed by atoms with Crippen molar-refractivity contribution in [3.63, 3.8) is 0 Å². The zero-order valence-corrected chi connectivity index (χ0v) is 11.8. The molecule has 0 fully saturated rings. The molecule has 0 aromatic heterocycles. The van der Waals surface area contributed by atoms with Crippen LogP contribution < -0.4 is 5.73 Å². The van der Waals surface area contributed by atoms with E-state index >= 15 is 0 Å². The highest BCUT2D eigenvalue weighted by molar-refractivity contribution is 7.80. The van der Waals surface area contributed by atoms with E-state index in [1.54, 1.807) is 0 Å². The molecule has 0 unspecified atom stereocenters. The third kappa shape index (κ3) is 3.29. The summed E-state index contributed by atoms with van der Waals surface area (Å²) < 4.78 is 0. The molecule has 0 atom stereocenters. The molecule has 2 N–H and O–H groups in total. The average Bonchev–Trinajstić information content (AvgIpc) is 2.15. The number of nitrogens with zero attached hydrogens (tertiary/aromatic N) is 1. The molecule has 0 aliphatic heterocycles. The van der Waals surface area contributed by atoms with Crippen molar-refractivity contribution in [2.45, 2.75) is 40.5 Å². The first kappa shape index (κ1) is 13.7. The number of rotatable bonds is 4. The van der Waals surface area contributed by atoms with E-state index < -0.39 is 0 Å². The number of thiocarbonyl (C=S) groups is 1. The van der Waals surface area contributed by atoms with Crippen LogP contribution in [0, 0.1) is 5.41 Å². The number of hydrogen-bond acceptors (Lipinski definition) is 3. The first-order chi connectivity index (χ1) is 7.39. The molecule has 0 spiro atoms. The summed E-state index contributed by atoms with van der Waals surface area (Å²) in [5, 5.41) is 0. The number of nitrogens with two attached hydrogens (primary N) is 1. The van der Waals surface area contributed by atoms with E-state index in [1.165, 1.54) is 5.57 Å². The van der Waals surface area contributed by atoms with Gasteiger partial charge in [-0.05, 0) is 36.9 Å². The van der Waals surface area contributed by atoms with E-state index in [2.05, 4.69) is 32.6 Å². The van der Waals surface area contributed by atoms with E-state index in [-0.39, 0.29) is 5.41 Å². The number of hydrogen-bond donors (Lipinski definition) is 1. The zero-order valence-electron chi connectivity index (χ0n) is 11.0. The molecule has 1 aliphatic carbocycles. The van der Waals surface area contributed by atoms with Gasteiger partial charge in [-0.3, -0.25) is 4.90 Å². The van der Waals surface area contributed by atoms with Gasteiger partial charge in [0.1, 0.15) is 0 Å². The Labute approximate surface area is 105 Å². The maximum Gasteiger partial charge on any atom is 0.0261 e. The Hall–Kier alpha value is -0.410. The number of likely N-dealkylation sites (N-methyl/N-ethyl adjacent to an activating group) is 1. The van der Waals surface area contributed by atoms with Gasteiger partial charge in [-0.2, -0.15) is 0 Å². The van der Waals surface area contributed by atoms with Gasteiger partial charge >= 0.3 is 0 Å². The lowest BCUT2D eigenvalue weighted by molar-refractivity contribution is 0.322. The van der Waals surface area contributed by atoms with Crippen LogP contribution in [-0.4, -0.2) is 29.4 Å². The van der Waals surface area contributed by atoms with Crippen molar-refractivity contribution in [1.29, 1.82) is 0 Å². The van der Waals surface area contributed by atoms with Crippen LogP contribution in [0.4, 0.5) is 0 Å². The summed E-state index contributed by atoms with van der Waals surface area (Å²) in [5.74, 6) is 0. The fraction of sp³-hybridized carbons (Fsp3) is 0.769.